The van der Waals surface area contributed by atoms with E-state index < -0.39 is 0 Å². The Kier molecular flexibility index (Phi) is 8.61. The first-order valence-corrected chi connectivity index (χ1v) is 10.3. The summed E-state index contributed by atoms with van der Waals surface area (Å²) in [5, 5.41) is 8.43. The van der Waals surface area contributed by atoms with Crippen LogP contribution in [0.2, 0.25) is 0 Å². The second-order valence-corrected chi connectivity index (χ2v) is 6.84. The summed E-state index contributed by atoms with van der Waals surface area (Å²) < 4.78 is 16.1. The predicted octanol–water partition coefficient (Wildman–Crippen LogP) is 6.66. The van der Waals surface area contributed by atoms with Crippen molar-refractivity contribution >= 4 is 17.3 Å². The van der Waals surface area contributed by atoms with E-state index in [4.69, 9.17) is 14.2 Å². The molecule has 6 heteroatoms. The van der Waals surface area contributed by atoms with Crippen molar-refractivity contribution in [1.29, 1.82) is 0 Å². The van der Waals surface area contributed by atoms with E-state index in [0.29, 0.717) is 18.8 Å². The van der Waals surface area contributed by atoms with Crippen molar-refractivity contribution in [3.63, 3.8) is 0 Å². The highest BCUT2D eigenvalue weighted by atomic mass is 16.5. The predicted molar refractivity (Wildman–Crippen MR) is 120 cm³/mol. The number of hydrogen-bond acceptors (Lipinski definition) is 6. The van der Waals surface area contributed by atoms with Crippen LogP contribution in [-0.2, 0) is 4.79 Å². The molecule has 0 saturated carbocycles. The Morgan fingerprint density at radius 2 is 1.32 bits per heavy atom. The summed E-state index contributed by atoms with van der Waals surface area (Å²) in [5.74, 6) is 1.95. The molecule has 160 valence electrons. The second-order valence-electron chi connectivity index (χ2n) is 6.84. The number of benzene rings is 3. The Hall–Kier alpha value is -3.67. The number of carbonyl (C=O) groups excluding carboxylic acids is 1. The molecule has 0 fully saturated rings. The summed E-state index contributed by atoms with van der Waals surface area (Å²) in [4.78, 5) is 11.8. The van der Waals surface area contributed by atoms with E-state index in [0.717, 1.165) is 42.1 Å². The second kappa shape index (κ2) is 12.1. The number of nitrogens with zero attached hydrogens (tertiary/aromatic N) is 2. The highest BCUT2D eigenvalue weighted by Crippen LogP contribution is 2.23. The number of para-hydroxylation sites is 1. The quantitative estimate of drug-likeness (QED) is 0.151. The lowest BCUT2D eigenvalue weighted by molar-refractivity contribution is -0.134. The lowest BCUT2D eigenvalue weighted by Crippen LogP contribution is -2.07. The first-order valence-electron chi connectivity index (χ1n) is 10.3. The van der Waals surface area contributed by atoms with Gasteiger partial charge in [0.25, 0.3) is 0 Å². The molecule has 0 aromatic heterocycles. The lowest BCUT2D eigenvalue weighted by Gasteiger charge is -2.06. The summed E-state index contributed by atoms with van der Waals surface area (Å²) in [6.07, 6.45) is 2.96. The fourth-order valence-corrected chi connectivity index (χ4v) is 2.78. The third-order valence-electron chi connectivity index (χ3n) is 4.46. The van der Waals surface area contributed by atoms with E-state index in [-0.39, 0.29) is 5.97 Å². The Labute approximate surface area is 182 Å². The minimum Gasteiger partial charge on any atom is -0.497 e. The van der Waals surface area contributed by atoms with E-state index >= 15 is 0 Å². The zero-order valence-electron chi connectivity index (χ0n) is 17.6. The number of esters is 1. The molecule has 0 spiro atoms. The molecule has 0 N–H and O–H groups in total. The van der Waals surface area contributed by atoms with Crippen LogP contribution < -0.4 is 14.2 Å². The van der Waals surface area contributed by atoms with Crippen molar-refractivity contribution in [3.8, 4) is 17.2 Å². The number of methoxy groups -OCH3 is 1. The van der Waals surface area contributed by atoms with Gasteiger partial charge in [-0.3, -0.25) is 4.79 Å². The zero-order valence-corrected chi connectivity index (χ0v) is 17.6. The Balaban J connectivity index is 1.31. The van der Waals surface area contributed by atoms with Gasteiger partial charge in [0, 0.05) is 6.42 Å². The largest absolute Gasteiger partial charge is 0.497 e. The van der Waals surface area contributed by atoms with Crippen molar-refractivity contribution in [2.24, 2.45) is 10.2 Å². The van der Waals surface area contributed by atoms with E-state index in [1.807, 2.05) is 66.7 Å². The van der Waals surface area contributed by atoms with Crippen LogP contribution in [0.5, 0.6) is 17.2 Å². The van der Waals surface area contributed by atoms with Gasteiger partial charge in [0.05, 0.1) is 25.1 Å². The summed E-state index contributed by atoms with van der Waals surface area (Å²) in [6, 6.07) is 24.0. The molecule has 0 heterocycles. The SMILES string of the molecule is COc1ccc(N=Nc2ccc(OCCCCCC(=O)Oc3ccccc3)cc2)cc1. The molecule has 0 radical (unpaired) electrons. The maximum absolute atomic E-state index is 11.8. The molecule has 0 aliphatic heterocycles. The maximum Gasteiger partial charge on any atom is 0.311 e. The number of unbranched alkanes of at least 4 members (excludes halogenated alkanes) is 2. The smallest absolute Gasteiger partial charge is 0.311 e. The molecular weight excluding hydrogens is 392 g/mol. The van der Waals surface area contributed by atoms with E-state index in [1.54, 1.807) is 19.2 Å². The number of hydrogen-bond donors (Lipinski definition) is 0. The highest BCUT2D eigenvalue weighted by Gasteiger charge is 2.04. The number of ether oxygens (including phenoxy) is 3. The van der Waals surface area contributed by atoms with Crippen LogP contribution in [0, 0.1) is 0 Å². The third kappa shape index (κ3) is 7.93. The van der Waals surface area contributed by atoms with Crippen molar-refractivity contribution in [1.82, 2.24) is 0 Å². The van der Waals surface area contributed by atoms with Crippen LogP contribution in [0.1, 0.15) is 25.7 Å². The molecule has 0 unspecified atom stereocenters. The standard InChI is InChI=1S/C25H26N2O4/c1-29-22-15-11-20(12-16-22)26-27-21-13-17-23(18-14-21)30-19-7-3-6-10-25(28)31-24-8-4-2-5-9-24/h2,4-5,8-9,11-18H,3,6-7,10,19H2,1H3. The molecule has 3 aromatic carbocycles. The Bertz CT molecular complexity index is 955. The topological polar surface area (TPSA) is 69.5 Å². The van der Waals surface area contributed by atoms with Gasteiger partial charge in [-0.2, -0.15) is 10.2 Å². The molecule has 31 heavy (non-hydrogen) atoms. The first-order chi connectivity index (χ1) is 15.2. The van der Waals surface area contributed by atoms with Crippen LogP contribution in [0.3, 0.4) is 0 Å². The highest BCUT2D eigenvalue weighted by molar-refractivity contribution is 5.72. The summed E-state index contributed by atoms with van der Waals surface area (Å²) in [5.41, 5.74) is 1.51. The monoisotopic (exact) mass is 418 g/mol. The number of azo groups is 1. The molecule has 3 rings (SSSR count). The van der Waals surface area contributed by atoms with Gasteiger partial charge in [0.2, 0.25) is 0 Å². The van der Waals surface area contributed by atoms with Gasteiger partial charge in [-0.05, 0) is 79.9 Å². The van der Waals surface area contributed by atoms with Gasteiger partial charge in [-0.25, -0.2) is 0 Å². The minimum absolute atomic E-state index is 0.202. The van der Waals surface area contributed by atoms with Crippen LogP contribution in [0.4, 0.5) is 11.4 Å². The lowest BCUT2D eigenvalue weighted by atomic mass is 10.2. The fraction of sp³-hybridized carbons (Fsp3) is 0.240. The van der Waals surface area contributed by atoms with Crippen molar-refractivity contribution < 1.29 is 19.0 Å². The molecule has 6 nitrogen and oxygen atoms in total. The zero-order chi connectivity index (χ0) is 21.7. The van der Waals surface area contributed by atoms with Crippen molar-refractivity contribution in [3.05, 3.63) is 78.9 Å². The summed E-state index contributed by atoms with van der Waals surface area (Å²) in [7, 11) is 1.63. The van der Waals surface area contributed by atoms with Gasteiger partial charge in [-0.15, -0.1) is 0 Å². The molecule has 0 saturated heterocycles. The minimum atomic E-state index is -0.202. The summed E-state index contributed by atoms with van der Waals surface area (Å²) in [6.45, 7) is 0.598. The van der Waals surface area contributed by atoms with Gasteiger partial charge in [0.1, 0.15) is 17.2 Å². The van der Waals surface area contributed by atoms with Gasteiger partial charge < -0.3 is 14.2 Å². The molecular formula is C25H26N2O4. The maximum atomic E-state index is 11.8. The van der Waals surface area contributed by atoms with Crippen LogP contribution in [0.25, 0.3) is 0 Å². The van der Waals surface area contributed by atoms with E-state index in [1.165, 1.54) is 0 Å². The first kappa shape index (κ1) is 22.0. The van der Waals surface area contributed by atoms with Crippen LogP contribution in [0.15, 0.2) is 89.1 Å². The average molecular weight is 418 g/mol. The van der Waals surface area contributed by atoms with Gasteiger partial charge in [0.15, 0.2) is 0 Å². The summed E-state index contributed by atoms with van der Waals surface area (Å²) >= 11 is 0. The third-order valence-corrected chi connectivity index (χ3v) is 4.46. The van der Waals surface area contributed by atoms with Crippen LogP contribution >= 0.6 is 0 Å². The average Bonchev–Trinajstić information content (AvgIpc) is 2.81. The Morgan fingerprint density at radius 3 is 1.94 bits per heavy atom. The number of rotatable bonds is 11. The molecule has 0 aliphatic carbocycles. The Morgan fingerprint density at radius 1 is 0.710 bits per heavy atom. The van der Waals surface area contributed by atoms with E-state index in [2.05, 4.69) is 10.2 Å². The molecule has 0 aliphatic rings. The molecule has 0 atom stereocenters. The molecule has 0 bridgehead atoms. The van der Waals surface area contributed by atoms with Crippen molar-refractivity contribution in [2.45, 2.75) is 25.7 Å². The van der Waals surface area contributed by atoms with E-state index in [9.17, 15) is 4.79 Å². The van der Waals surface area contributed by atoms with Crippen LogP contribution in [-0.4, -0.2) is 19.7 Å². The molecule has 0 amide bonds. The fourth-order valence-electron chi connectivity index (χ4n) is 2.78. The number of carbonyl (C=O) groups is 1. The van der Waals surface area contributed by atoms with Gasteiger partial charge >= 0.3 is 5.97 Å². The van der Waals surface area contributed by atoms with Crippen molar-refractivity contribution in [2.75, 3.05) is 13.7 Å². The van der Waals surface area contributed by atoms with Gasteiger partial charge in [-0.1, -0.05) is 18.2 Å². The normalized spacial score (nSPS) is 10.7. The molecule has 3 aromatic rings.